The Morgan fingerprint density at radius 1 is 1.23 bits per heavy atom. The van der Waals surface area contributed by atoms with Crippen molar-refractivity contribution >= 4 is 17.5 Å². The molecular weight excluding hydrogens is 350 g/mol. The zero-order chi connectivity index (χ0) is 18.7. The maximum absolute atomic E-state index is 13.0. The van der Waals surface area contributed by atoms with Crippen LogP contribution in [0.3, 0.4) is 0 Å². The highest BCUT2D eigenvalue weighted by Gasteiger charge is 2.33. The van der Waals surface area contributed by atoms with Crippen molar-refractivity contribution in [2.24, 2.45) is 0 Å². The molecule has 1 amide bonds. The summed E-state index contributed by atoms with van der Waals surface area (Å²) in [5, 5.41) is 0.660. The van der Waals surface area contributed by atoms with Gasteiger partial charge >= 0.3 is 0 Å². The number of hydrogen-bond acceptors (Lipinski definition) is 3. The van der Waals surface area contributed by atoms with Crippen molar-refractivity contribution in [3.05, 3.63) is 58.6 Å². The minimum absolute atomic E-state index is 0.0117. The fourth-order valence-corrected chi connectivity index (χ4v) is 3.65. The summed E-state index contributed by atoms with van der Waals surface area (Å²) < 4.78 is 11.1. The summed E-state index contributed by atoms with van der Waals surface area (Å²) in [7, 11) is 1.65. The van der Waals surface area contributed by atoms with Crippen LogP contribution < -0.4 is 9.47 Å². The van der Waals surface area contributed by atoms with E-state index in [2.05, 4.69) is 0 Å². The van der Waals surface area contributed by atoms with Crippen molar-refractivity contribution in [3.63, 3.8) is 0 Å². The molecule has 0 aliphatic carbocycles. The third-order valence-corrected chi connectivity index (χ3v) is 5.06. The van der Waals surface area contributed by atoms with Crippen LogP contribution >= 0.6 is 11.6 Å². The van der Waals surface area contributed by atoms with E-state index in [0.717, 1.165) is 36.3 Å². The molecule has 2 aromatic carbocycles. The number of halogens is 1. The van der Waals surface area contributed by atoms with Crippen molar-refractivity contribution < 1.29 is 14.3 Å². The molecule has 0 radical (unpaired) electrons. The van der Waals surface area contributed by atoms with Gasteiger partial charge in [0.2, 0.25) is 0 Å². The highest BCUT2D eigenvalue weighted by Crippen LogP contribution is 2.34. The Hall–Kier alpha value is -2.20. The zero-order valence-corrected chi connectivity index (χ0v) is 16.1. The molecule has 0 bridgehead atoms. The van der Waals surface area contributed by atoms with Gasteiger partial charge in [-0.25, -0.2) is 0 Å². The molecule has 0 spiro atoms. The zero-order valence-electron chi connectivity index (χ0n) is 15.4. The standard InChI is InChI=1S/C21H24ClNO3/c1-14-13-17(22)8-11-20(14)26-15(2)21(24)23-12-4-5-19(23)16-6-9-18(25-3)10-7-16/h6-11,13,15,19H,4-5,12H2,1-3H3. The summed E-state index contributed by atoms with van der Waals surface area (Å²) in [6, 6.07) is 13.5. The fraction of sp³-hybridized carbons (Fsp3) is 0.381. The van der Waals surface area contributed by atoms with Crippen molar-refractivity contribution in [1.29, 1.82) is 0 Å². The maximum atomic E-state index is 13.0. The van der Waals surface area contributed by atoms with Gasteiger partial charge in [-0.2, -0.15) is 0 Å². The molecule has 1 saturated heterocycles. The number of nitrogens with zero attached hydrogens (tertiary/aromatic N) is 1. The van der Waals surface area contributed by atoms with Crippen molar-refractivity contribution in [2.75, 3.05) is 13.7 Å². The maximum Gasteiger partial charge on any atom is 0.263 e. The molecule has 1 heterocycles. The minimum Gasteiger partial charge on any atom is -0.497 e. The van der Waals surface area contributed by atoms with E-state index in [9.17, 15) is 4.79 Å². The Bertz CT molecular complexity index is 775. The van der Waals surface area contributed by atoms with Gasteiger partial charge in [0.15, 0.2) is 6.10 Å². The number of rotatable bonds is 5. The molecule has 1 aliphatic heterocycles. The normalized spacial score (nSPS) is 17.8. The third-order valence-electron chi connectivity index (χ3n) is 4.82. The summed E-state index contributed by atoms with van der Waals surface area (Å²) in [4.78, 5) is 14.9. The molecule has 0 saturated carbocycles. The lowest BCUT2D eigenvalue weighted by Gasteiger charge is -2.28. The van der Waals surface area contributed by atoms with E-state index >= 15 is 0 Å². The second kappa shape index (κ2) is 8.00. The highest BCUT2D eigenvalue weighted by molar-refractivity contribution is 6.30. The predicted octanol–water partition coefficient (Wildman–Crippen LogP) is 4.79. The van der Waals surface area contributed by atoms with E-state index < -0.39 is 6.10 Å². The van der Waals surface area contributed by atoms with Gasteiger partial charge in [0, 0.05) is 11.6 Å². The average molecular weight is 374 g/mol. The Labute approximate surface area is 159 Å². The lowest BCUT2D eigenvalue weighted by molar-refractivity contribution is -0.138. The number of carbonyl (C=O) groups is 1. The van der Waals surface area contributed by atoms with Gasteiger partial charge in [0.1, 0.15) is 11.5 Å². The van der Waals surface area contributed by atoms with Crippen LogP contribution in [0, 0.1) is 6.92 Å². The molecule has 5 heteroatoms. The number of benzene rings is 2. The van der Waals surface area contributed by atoms with Gasteiger partial charge in [0.25, 0.3) is 5.91 Å². The second-order valence-electron chi connectivity index (χ2n) is 6.63. The van der Waals surface area contributed by atoms with Crippen molar-refractivity contribution in [2.45, 2.75) is 38.8 Å². The number of ether oxygens (including phenoxy) is 2. The first-order valence-corrected chi connectivity index (χ1v) is 9.24. The lowest BCUT2D eigenvalue weighted by atomic mass is 10.0. The molecule has 1 fully saturated rings. The number of amides is 1. The first-order valence-electron chi connectivity index (χ1n) is 8.87. The van der Waals surface area contributed by atoms with Gasteiger partial charge in [-0.3, -0.25) is 4.79 Å². The smallest absolute Gasteiger partial charge is 0.263 e. The number of likely N-dealkylation sites (tertiary alicyclic amines) is 1. The summed E-state index contributed by atoms with van der Waals surface area (Å²) in [5.41, 5.74) is 2.05. The van der Waals surface area contributed by atoms with Crippen LogP contribution in [0.4, 0.5) is 0 Å². The monoisotopic (exact) mass is 373 g/mol. The second-order valence-corrected chi connectivity index (χ2v) is 7.07. The average Bonchev–Trinajstić information content (AvgIpc) is 3.13. The third kappa shape index (κ3) is 3.96. The molecule has 2 unspecified atom stereocenters. The number of methoxy groups -OCH3 is 1. The van der Waals surface area contributed by atoms with Gasteiger partial charge in [-0.15, -0.1) is 0 Å². The first-order chi connectivity index (χ1) is 12.5. The Balaban J connectivity index is 1.72. The molecule has 4 nitrogen and oxygen atoms in total. The van der Waals surface area contributed by atoms with Crippen LogP contribution in [0.5, 0.6) is 11.5 Å². The molecule has 2 aromatic rings. The van der Waals surface area contributed by atoms with Gasteiger partial charge in [0.05, 0.1) is 13.2 Å². The molecule has 26 heavy (non-hydrogen) atoms. The highest BCUT2D eigenvalue weighted by atomic mass is 35.5. The summed E-state index contributed by atoms with van der Waals surface area (Å²) in [6.07, 6.45) is 1.41. The van der Waals surface area contributed by atoms with Crippen molar-refractivity contribution in [3.8, 4) is 11.5 Å². The predicted molar refractivity (Wildman–Crippen MR) is 103 cm³/mol. The van der Waals surface area contributed by atoms with E-state index in [1.807, 2.05) is 48.2 Å². The van der Waals surface area contributed by atoms with Crippen LogP contribution in [-0.2, 0) is 4.79 Å². The van der Waals surface area contributed by atoms with Crippen molar-refractivity contribution in [1.82, 2.24) is 4.90 Å². The van der Waals surface area contributed by atoms with Gasteiger partial charge in [-0.05, 0) is 68.1 Å². The molecule has 3 rings (SSSR count). The van der Waals surface area contributed by atoms with Crippen LogP contribution in [-0.4, -0.2) is 30.6 Å². The Morgan fingerprint density at radius 2 is 1.96 bits per heavy atom. The van der Waals surface area contributed by atoms with Gasteiger partial charge in [-0.1, -0.05) is 23.7 Å². The minimum atomic E-state index is -0.547. The largest absolute Gasteiger partial charge is 0.497 e. The quantitative estimate of drug-likeness (QED) is 0.756. The Morgan fingerprint density at radius 3 is 2.62 bits per heavy atom. The Kier molecular flexibility index (Phi) is 5.72. The lowest BCUT2D eigenvalue weighted by Crippen LogP contribution is -2.40. The van der Waals surface area contributed by atoms with E-state index in [4.69, 9.17) is 21.1 Å². The summed E-state index contributed by atoms with van der Waals surface area (Å²) in [5.74, 6) is 1.52. The molecule has 0 N–H and O–H groups in total. The number of carbonyl (C=O) groups excluding carboxylic acids is 1. The van der Waals surface area contributed by atoms with Crippen LogP contribution in [0.25, 0.3) is 0 Å². The van der Waals surface area contributed by atoms with E-state index in [1.165, 1.54) is 0 Å². The molecule has 1 aliphatic rings. The van der Waals surface area contributed by atoms with Crippen LogP contribution in [0.1, 0.15) is 36.9 Å². The summed E-state index contributed by atoms with van der Waals surface area (Å²) in [6.45, 7) is 4.48. The topological polar surface area (TPSA) is 38.8 Å². The number of aryl methyl sites for hydroxylation is 1. The fourth-order valence-electron chi connectivity index (χ4n) is 3.42. The van der Waals surface area contributed by atoms with E-state index in [1.54, 1.807) is 20.1 Å². The molecular formula is C21H24ClNO3. The summed E-state index contributed by atoms with van der Waals surface area (Å²) >= 11 is 5.99. The molecule has 138 valence electrons. The SMILES string of the molecule is COc1ccc(C2CCCN2C(=O)C(C)Oc2ccc(Cl)cc2C)cc1. The van der Waals surface area contributed by atoms with Crippen LogP contribution in [0.2, 0.25) is 5.02 Å². The molecule has 0 aromatic heterocycles. The van der Waals surface area contributed by atoms with E-state index in [-0.39, 0.29) is 11.9 Å². The number of hydrogen-bond donors (Lipinski definition) is 0. The molecule has 2 atom stereocenters. The first kappa shape index (κ1) is 18.6. The van der Waals surface area contributed by atoms with E-state index in [0.29, 0.717) is 10.8 Å². The van der Waals surface area contributed by atoms with Crippen LogP contribution in [0.15, 0.2) is 42.5 Å². The van der Waals surface area contributed by atoms with Gasteiger partial charge < -0.3 is 14.4 Å².